The van der Waals surface area contributed by atoms with Crippen molar-refractivity contribution in [3.63, 3.8) is 0 Å². The van der Waals surface area contributed by atoms with Gasteiger partial charge >= 0.3 is 0 Å². The average molecular weight is 313 g/mol. The Bertz CT molecular complexity index is 397. The predicted molar refractivity (Wildman–Crippen MR) is 79.1 cm³/mol. The molecular weight excluding hydrogens is 292 g/mol. The number of ether oxygens (including phenoxy) is 1. The van der Waals surface area contributed by atoms with Crippen LogP contribution in [0, 0.1) is 0 Å². The van der Waals surface area contributed by atoms with Gasteiger partial charge in [-0.1, -0.05) is 22.9 Å². The van der Waals surface area contributed by atoms with Gasteiger partial charge in [0.15, 0.2) is 0 Å². The molecule has 0 spiro atoms. The topological polar surface area (TPSA) is 24.5 Å². The summed E-state index contributed by atoms with van der Waals surface area (Å²) in [6, 6.07) is 7.03. The molecule has 0 radical (unpaired) electrons. The van der Waals surface area contributed by atoms with Crippen LogP contribution in [-0.4, -0.2) is 32.8 Å². The molecule has 1 fully saturated rings. The van der Waals surface area contributed by atoms with Crippen LogP contribution in [0.25, 0.3) is 0 Å². The number of hydrogen-bond donors (Lipinski definition) is 1. The quantitative estimate of drug-likeness (QED) is 0.925. The Morgan fingerprint density at radius 1 is 1.50 bits per heavy atom. The first-order valence-corrected chi connectivity index (χ1v) is 7.33. The Morgan fingerprint density at radius 3 is 3.06 bits per heavy atom. The van der Waals surface area contributed by atoms with Crippen molar-refractivity contribution < 1.29 is 4.74 Å². The fraction of sp³-hybridized carbons (Fsp3) is 0.571. The van der Waals surface area contributed by atoms with Crippen LogP contribution in [-0.2, 0) is 11.3 Å². The van der Waals surface area contributed by atoms with E-state index in [1.165, 1.54) is 11.3 Å². The molecule has 1 aromatic carbocycles. The van der Waals surface area contributed by atoms with Crippen molar-refractivity contribution in [1.82, 2.24) is 5.32 Å². The summed E-state index contributed by atoms with van der Waals surface area (Å²) in [5.41, 5.74) is 2.68. The summed E-state index contributed by atoms with van der Waals surface area (Å²) in [6.07, 6.45) is 1.12. The molecule has 1 heterocycles. The Balaban J connectivity index is 2.29. The number of rotatable bonds is 4. The van der Waals surface area contributed by atoms with Crippen LogP contribution in [0.1, 0.15) is 18.9 Å². The van der Waals surface area contributed by atoms with Crippen molar-refractivity contribution in [3.8, 4) is 0 Å². The van der Waals surface area contributed by atoms with Crippen molar-refractivity contribution in [2.75, 3.05) is 31.7 Å². The largest absolute Gasteiger partial charge is 0.377 e. The van der Waals surface area contributed by atoms with Gasteiger partial charge in [-0.05, 0) is 37.2 Å². The van der Waals surface area contributed by atoms with E-state index in [2.05, 4.69) is 51.3 Å². The van der Waals surface area contributed by atoms with Gasteiger partial charge in [-0.3, -0.25) is 0 Å². The third kappa shape index (κ3) is 3.05. The minimum absolute atomic E-state index is 0.496. The van der Waals surface area contributed by atoms with Gasteiger partial charge < -0.3 is 15.0 Å². The molecule has 1 aromatic rings. The number of morpholine rings is 1. The molecule has 1 saturated heterocycles. The molecule has 2 rings (SSSR count). The Kier molecular flexibility index (Phi) is 5.03. The second kappa shape index (κ2) is 6.55. The Labute approximate surface area is 118 Å². The van der Waals surface area contributed by atoms with E-state index in [0.29, 0.717) is 6.04 Å². The van der Waals surface area contributed by atoms with Crippen LogP contribution in [0.5, 0.6) is 0 Å². The molecule has 4 heteroatoms. The highest BCUT2D eigenvalue weighted by Gasteiger charge is 2.23. The highest BCUT2D eigenvalue weighted by molar-refractivity contribution is 9.10. The first-order chi connectivity index (χ1) is 8.76. The normalized spacial score (nSPS) is 20.2. The van der Waals surface area contributed by atoms with E-state index in [4.69, 9.17) is 4.74 Å². The molecule has 1 atom stereocenters. The maximum Gasteiger partial charge on any atom is 0.0670 e. The van der Waals surface area contributed by atoms with Gasteiger partial charge in [-0.15, -0.1) is 0 Å². The summed E-state index contributed by atoms with van der Waals surface area (Å²) >= 11 is 3.55. The fourth-order valence-corrected chi connectivity index (χ4v) is 2.89. The zero-order valence-corrected chi connectivity index (χ0v) is 12.7. The summed E-state index contributed by atoms with van der Waals surface area (Å²) < 4.78 is 6.72. The fourth-order valence-electron chi connectivity index (χ4n) is 2.48. The number of halogens is 1. The number of hydrogen-bond acceptors (Lipinski definition) is 3. The summed E-state index contributed by atoms with van der Waals surface area (Å²) in [6.45, 7) is 5.76. The van der Waals surface area contributed by atoms with E-state index in [-0.39, 0.29) is 0 Å². The number of nitrogens with zero attached hydrogens (tertiary/aromatic N) is 1. The molecular formula is C14H21BrN2O. The van der Waals surface area contributed by atoms with Crippen LogP contribution in [0.3, 0.4) is 0 Å². The molecule has 0 aromatic heterocycles. The van der Waals surface area contributed by atoms with E-state index in [1.54, 1.807) is 0 Å². The summed E-state index contributed by atoms with van der Waals surface area (Å²) in [5.74, 6) is 0. The van der Waals surface area contributed by atoms with Gasteiger partial charge in [0, 0.05) is 23.2 Å². The first-order valence-electron chi connectivity index (χ1n) is 6.53. The molecule has 18 heavy (non-hydrogen) atoms. The molecule has 100 valence electrons. The second-order valence-corrected chi connectivity index (χ2v) is 5.55. The smallest absolute Gasteiger partial charge is 0.0670 e. The monoisotopic (exact) mass is 312 g/mol. The van der Waals surface area contributed by atoms with Gasteiger partial charge in [0.2, 0.25) is 0 Å². The van der Waals surface area contributed by atoms with Gasteiger partial charge in [0.25, 0.3) is 0 Å². The molecule has 0 amide bonds. The van der Waals surface area contributed by atoms with Crippen molar-refractivity contribution in [2.45, 2.75) is 25.9 Å². The maximum absolute atomic E-state index is 5.58. The van der Waals surface area contributed by atoms with Crippen molar-refractivity contribution in [3.05, 3.63) is 28.2 Å². The summed E-state index contributed by atoms with van der Waals surface area (Å²) in [7, 11) is 1.99. The van der Waals surface area contributed by atoms with Gasteiger partial charge in [0.05, 0.1) is 19.3 Å². The standard InChI is InChI=1S/C14H21BrN2O/c1-3-13-10-18-7-6-17(13)14-5-4-12(15)8-11(14)9-16-2/h4-5,8,13,16H,3,6-7,9-10H2,1-2H3. The molecule has 1 aliphatic rings. The summed E-state index contributed by atoms with van der Waals surface area (Å²) in [4.78, 5) is 2.49. The van der Waals surface area contributed by atoms with Gasteiger partial charge in [-0.2, -0.15) is 0 Å². The zero-order valence-electron chi connectivity index (χ0n) is 11.1. The van der Waals surface area contributed by atoms with Crippen LogP contribution >= 0.6 is 15.9 Å². The first kappa shape index (κ1) is 13.8. The summed E-state index contributed by atoms with van der Waals surface area (Å²) in [5, 5.41) is 3.24. The third-order valence-electron chi connectivity index (χ3n) is 3.42. The number of benzene rings is 1. The zero-order chi connectivity index (χ0) is 13.0. The highest BCUT2D eigenvalue weighted by Crippen LogP contribution is 2.28. The molecule has 1 aliphatic heterocycles. The highest BCUT2D eigenvalue weighted by atomic mass is 79.9. The molecule has 0 bridgehead atoms. The van der Waals surface area contributed by atoms with Crippen LogP contribution < -0.4 is 10.2 Å². The molecule has 1 N–H and O–H groups in total. The van der Waals surface area contributed by atoms with E-state index >= 15 is 0 Å². The second-order valence-electron chi connectivity index (χ2n) is 4.63. The number of anilines is 1. The minimum atomic E-state index is 0.496. The van der Waals surface area contributed by atoms with Crippen molar-refractivity contribution in [1.29, 1.82) is 0 Å². The molecule has 0 saturated carbocycles. The van der Waals surface area contributed by atoms with Crippen LogP contribution in [0.4, 0.5) is 5.69 Å². The van der Waals surface area contributed by atoms with Crippen LogP contribution in [0.2, 0.25) is 0 Å². The third-order valence-corrected chi connectivity index (χ3v) is 3.91. The van der Waals surface area contributed by atoms with Crippen LogP contribution in [0.15, 0.2) is 22.7 Å². The maximum atomic E-state index is 5.58. The van der Waals surface area contributed by atoms with Gasteiger partial charge in [-0.25, -0.2) is 0 Å². The molecule has 3 nitrogen and oxygen atoms in total. The lowest BCUT2D eigenvalue weighted by molar-refractivity contribution is 0.0929. The molecule has 1 unspecified atom stereocenters. The Morgan fingerprint density at radius 2 is 2.33 bits per heavy atom. The lowest BCUT2D eigenvalue weighted by Crippen LogP contribution is -2.45. The van der Waals surface area contributed by atoms with Crippen molar-refractivity contribution >= 4 is 21.6 Å². The van der Waals surface area contributed by atoms with Gasteiger partial charge in [0.1, 0.15) is 0 Å². The SMILES string of the molecule is CCC1COCCN1c1ccc(Br)cc1CNC. The van der Waals surface area contributed by atoms with E-state index in [9.17, 15) is 0 Å². The minimum Gasteiger partial charge on any atom is -0.377 e. The van der Waals surface area contributed by atoms with E-state index in [0.717, 1.165) is 37.2 Å². The van der Waals surface area contributed by atoms with E-state index in [1.807, 2.05) is 7.05 Å². The Hall–Kier alpha value is -0.580. The van der Waals surface area contributed by atoms with Crippen molar-refractivity contribution in [2.24, 2.45) is 0 Å². The lowest BCUT2D eigenvalue weighted by Gasteiger charge is -2.38. The number of nitrogens with one attached hydrogen (secondary N) is 1. The average Bonchev–Trinajstić information content (AvgIpc) is 2.39. The van der Waals surface area contributed by atoms with E-state index < -0.39 is 0 Å². The molecule has 0 aliphatic carbocycles. The predicted octanol–water partition coefficient (Wildman–Crippen LogP) is 2.78. The lowest BCUT2D eigenvalue weighted by atomic mass is 10.1.